The van der Waals surface area contributed by atoms with E-state index in [1.54, 1.807) is 18.2 Å². The molecule has 31 heavy (non-hydrogen) atoms. The van der Waals surface area contributed by atoms with E-state index in [9.17, 15) is 13.2 Å². The van der Waals surface area contributed by atoms with Gasteiger partial charge >= 0.3 is 0 Å². The van der Waals surface area contributed by atoms with E-state index in [1.807, 2.05) is 39.0 Å². The van der Waals surface area contributed by atoms with Gasteiger partial charge < -0.3 is 10.1 Å². The summed E-state index contributed by atoms with van der Waals surface area (Å²) in [6, 6.07) is 11.0. The third-order valence-corrected chi connectivity index (χ3v) is 7.79. The van der Waals surface area contributed by atoms with Gasteiger partial charge in [0.05, 0.1) is 11.5 Å². The lowest BCUT2D eigenvalue weighted by Crippen LogP contribution is -2.41. The van der Waals surface area contributed by atoms with E-state index in [2.05, 4.69) is 12.2 Å². The van der Waals surface area contributed by atoms with Crippen LogP contribution in [0.4, 0.5) is 5.69 Å². The molecule has 2 aromatic carbocycles. The van der Waals surface area contributed by atoms with Crippen LogP contribution in [0.5, 0.6) is 5.75 Å². The molecular formula is C24H32N2O4S. The molecule has 7 heteroatoms. The number of amides is 1. The molecule has 1 aliphatic rings. The van der Waals surface area contributed by atoms with Gasteiger partial charge in [0.1, 0.15) is 5.75 Å². The highest BCUT2D eigenvalue weighted by atomic mass is 32.2. The fraction of sp³-hybridized carbons (Fsp3) is 0.458. The van der Waals surface area contributed by atoms with Crippen molar-refractivity contribution in [1.29, 1.82) is 0 Å². The number of nitrogens with one attached hydrogen (secondary N) is 1. The van der Waals surface area contributed by atoms with Crippen LogP contribution in [0, 0.1) is 19.8 Å². The lowest BCUT2D eigenvalue weighted by molar-refractivity contribution is -0.120. The quantitative estimate of drug-likeness (QED) is 0.691. The molecule has 0 bridgehead atoms. The largest absolute Gasteiger partial charge is 0.494 e. The number of sulfonamides is 1. The van der Waals surface area contributed by atoms with E-state index in [0.29, 0.717) is 38.3 Å². The summed E-state index contributed by atoms with van der Waals surface area (Å²) in [5, 5.41) is 3.09. The summed E-state index contributed by atoms with van der Waals surface area (Å²) >= 11 is 0. The monoisotopic (exact) mass is 444 g/mol. The number of nitrogens with zero attached hydrogens (tertiary/aromatic N) is 1. The van der Waals surface area contributed by atoms with E-state index >= 15 is 0 Å². The number of benzene rings is 2. The molecule has 3 rings (SSSR count). The Labute approximate surface area is 185 Å². The highest BCUT2D eigenvalue weighted by molar-refractivity contribution is 7.89. The summed E-state index contributed by atoms with van der Waals surface area (Å²) in [5.74, 6) is 0.468. The standard InChI is InChI=1S/C24H32N2O4S/c1-5-19-9-7-8-17(3)23(19)25-24(27)20-12-14-26(15-13-20)31(28,29)21-10-11-22(30-6-2)18(4)16-21/h7-11,16,20H,5-6,12-15H2,1-4H3,(H,25,27). The zero-order chi connectivity index (χ0) is 22.6. The van der Waals surface area contributed by atoms with E-state index in [0.717, 1.165) is 28.8 Å². The van der Waals surface area contributed by atoms with Crippen LogP contribution in [0.15, 0.2) is 41.3 Å². The lowest BCUT2D eigenvalue weighted by Gasteiger charge is -2.31. The van der Waals surface area contributed by atoms with Gasteiger partial charge in [0.15, 0.2) is 0 Å². The van der Waals surface area contributed by atoms with Gasteiger partial charge in [0.25, 0.3) is 0 Å². The maximum Gasteiger partial charge on any atom is 0.243 e. The third-order valence-electron chi connectivity index (χ3n) is 5.90. The van der Waals surface area contributed by atoms with Crippen LogP contribution in [-0.4, -0.2) is 38.3 Å². The summed E-state index contributed by atoms with van der Waals surface area (Å²) in [6.45, 7) is 9.00. The third kappa shape index (κ3) is 5.10. The number of aryl methyl sites for hydroxylation is 3. The number of carbonyl (C=O) groups is 1. The van der Waals surface area contributed by atoms with E-state index in [4.69, 9.17) is 4.74 Å². The first-order valence-electron chi connectivity index (χ1n) is 10.9. The molecule has 1 N–H and O–H groups in total. The van der Waals surface area contributed by atoms with Gasteiger partial charge in [0.2, 0.25) is 15.9 Å². The molecule has 0 aliphatic carbocycles. The van der Waals surface area contributed by atoms with Crippen molar-refractivity contribution in [3.05, 3.63) is 53.1 Å². The normalized spacial score (nSPS) is 15.6. The maximum absolute atomic E-state index is 13.1. The van der Waals surface area contributed by atoms with Crippen molar-refractivity contribution in [2.75, 3.05) is 25.0 Å². The molecule has 2 aromatic rings. The second kappa shape index (κ2) is 9.83. The smallest absolute Gasteiger partial charge is 0.243 e. The van der Waals surface area contributed by atoms with Gasteiger partial charge in [-0.2, -0.15) is 4.31 Å². The average Bonchev–Trinajstić information content (AvgIpc) is 2.76. The van der Waals surface area contributed by atoms with Crippen molar-refractivity contribution in [2.24, 2.45) is 5.92 Å². The highest BCUT2D eigenvalue weighted by Crippen LogP contribution is 2.29. The first-order chi connectivity index (χ1) is 14.8. The van der Waals surface area contributed by atoms with Crippen molar-refractivity contribution >= 4 is 21.6 Å². The van der Waals surface area contributed by atoms with Gasteiger partial charge in [-0.3, -0.25) is 4.79 Å². The molecule has 1 saturated heterocycles. The van der Waals surface area contributed by atoms with Crippen LogP contribution < -0.4 is 10.1 Å². The van der Waals surface area contributed by atoms with Gasteiger partial charge in [-0.05, 0) is 74.9 Å². The molecule has 0 unspecified atom stereocenters. The Bertz CT molecular complexity index is 1040. The fourth-order valence-electron chi connectivity index (χ4n) is 4.03. The Morgan fingerprint density at radius 1 is 1.10 bits per heavy atom. The fourth-order valence-corrected chi connectivity index (χ4v) is 5.59. The van der Waals surface area contributed by atoms with Crippen LogP contribution >= 0.6 is 0 Å². The lowest BCUT2D eigenvalue weighted by atomic mass is 9.96. The number of piperidine rings is 1. The summed E-state index contributed by atoms with van der Waals surface area (Å²) in [5.41, 5.74) is 3.83. The van der Waals surface area contributed by atoms with Crippen LogP contribution in [0.25, 0.3) is 0 Å². The molecule has 168 valence electrons. The molecule has 6 nitrogen and oxygen atoms in total. The van der Waals surface area contributed by atoms with Crippen LogP contribution in [0.2, 0.25) is 0 Å². The van der Waals surface area contributed by atoms with Crippen LogP contribution in [-0.2, 0) is 21.2 Å². The van der Waals surface area contributed by atoms with Crippen molar-refractivity contribution in [3.8, 4) is 5.75 Å². The molecule has 0 radical (unpaired) electrons. The van der Waals surface area contributed by atoms with Crippen molar-refractivity contribution in [2.45, 2.75) is 51.9 Å². The Kier molecular flexibility index (Phi) is 7.38. The Morgan fingerprint density at radius 2 is 1.81 bits per heavy atom. The average molecular weight is 445 g/mol. The van der Waals surface area contributed by atoms with Gasteiger partial charge in [0, 0.05) is 24.7 Å². The molecule has 0 spiro atoms. The van der Waals surface area contributed by atoms with Gasteiger partial charge in [-0.1, -0.05) is 25.1 Å². The molecule has 1 fully saturated rings. The highest BCUT2D eigenvalue weighted by Gasteiger charge is 2.32. The first-order valence-corrected chi connectivity index (χ1v) is 12.3. The van der Waals surface area contributed by atoms with E-state index < -0.39 is 10.0 Å². The maximum atomic E-state index is 13.1. The van der Waals surface area contributed by atoms with Gasteiger partial charge in [-0.15, -0.1) is 0 Å². The Morgan fingerprint density at radius 3 is 2.42 bits per heavy atom. The van der Waals surface area contributed by atoms with Crippen LogP contribution in [0.3, 0.4) is 0 Å². The summed E-state index contributed by atoms with van der Waals surface area (Å²) in [6.07, 6.45) is 1.86. The van der Waals surface area contributed by atoms with Gasteiger partial charge in [-0.25, -0.2) is 8.42 Å². The molecule has 0 saturated carbocycles. The number of hydrogen-bond acceptors (Lipinski definition) is 4. The zero-order valence-corrected chi connectivity index (χ0v) is 19.6. The number of hydrogen-bond donors (Lipinski definition) is 1. The molecular weight excluding hydrogens is 412 g/mol. The molecule has 0 atom stereocenters. The summed E-state index contributed by atoms with van der Waals surface area (Å²) in [4.78, 5) is 13.1. The topological polar surface area (TPSA) is 75.7 Å². The van der Waals surface area contributed by atoms with Crippen molar-refractivity contribution in [1.82, 2.24) is 4.31 Å². The number of para-hydroxylation sites is 1. The SMILES string of the molecule is CCOc1ccc(S(=O)(=O)N2CCC(C(=O)Nc3c(C)cccc3CC)CC2)cc1C. The van der Waals surface area contributed by atoms with Crippen molar-refractivity contribution < 1.29 is 17.9 Å². The minimum atomic E-state index is -3.60. The minimum absolute atomic E-state index is 0.0297. The number of carbonyl (C=O) groups excluding carboxylic acids is 1. The summed E-state index contributed by atoms with van der Waals surface area (Å²) < 4.78 is 33.2. The van der Waals surface area contributed by atoms with E-state index in [1.165, 1.54) is 4.31 Å². The number of rotatable bonds is 7. The second-order valence-corrected chi connectivity index (χ2v) is 9.93. The van der Waals surface area contributed by atoms with Crippen LogP contribution in [0.1, 0.15) is 43.4 Å². The molecule has 0 aromatic heterocycles. The molecule has 1 aliphatic heterocycles. The molecule has 1 amide bonds. The number of ether oxygens (including phenoxy) is 1. The zero-order valence-electron chi connectivity index (χ0n) is 18.8. The first kappa shape index (κ1) is 23.3. The van der Waals surface area contributed by atoms with Crippen molar-refractivity contribution in [3.63, 3.8) is 0 Å². The Balaban J connectivity index is 1.66. The second-order valence-electron chi connectivity index (χ2n) is 7.99. The predicted molar refractivity (Wildman–Crippen MR) is 123 cm³/mol. The summed E-state index contributed by atoms with van der Waals surface area (Å²) in [7, 11) is -3.60. The minimum Gasteiger partial charge on any atom is -0.494 e. The van der Waals surface area contributed by atoms with E-state index in [-0.39, 0.29) is 16.7 Å². The predicted octanol–water partition coefficient (Wildman–Crippen LogP) is 4.30. The Hall–Kier alpha value is -2.38. The number of anilines is 1. The molecule has 1 heterocycles.